The lowest BCUT2D eigenvalue weighted by Crippen LogP contribution is -2.35. The lowest BCUT2D eigenvalue weighted by Gasteiger charge is -2.09. The van der Waals surface area contributed by atoms with Gasteiger partial charge < -0.3 is 5.32 Å². The Labute approximate surface area is 139 Å². The van der Waals surface area contributed by atoms with Gasteiger partial charge in [0.25, 0.3) is 5.69 Å². The highest BCUT2D eigenvalue weighted by molar-refractivity contribution is 8.00. The van der Waals surface area contributed by atoms with Gasteiger partial charge >= 0.3 is 5.51 Å². The zero-order valence-electron chi connectivity index (χ0n) is 11.9. The summed E-state index contributed by atoms with van der Waals surface area (Å²) in [6.07, 6.45) is 0. The predicted octanol–water partition coefficient (Wildman–Crippen LogP) is 1.24. The highest BCUT2D eigenvalue weighted by atomic mass is 32.2. The van der Waals surface area contributed by atoms with Crippen molar-refractivity contribution in [1.82, 2.24) is 10.0 Å². The normalized spacial score (nSPS) is 12.0. The van der Waals surface area contributed by atoms with E-state index in [2.05, 4.69) is 10.0 Å². The SMILES string of the molecule is O=C(CSC(F)(F)F)NCCNS(=O)(=O)c1cccc([N+](=O)[O-])c1. The van der Waals surface area contributed by atoms with Gasteiger partial charge in [-0.05, 0) is 17.8 Å². The number of nitrogens with zero attached hydrogens (tertiary/aromatic N) is 1. The van der Waals surface area contributed by atoms with Crippen molar-refractivity contribution in [2.24, 2.45) is 0 Å². The summed E-state index contributed by atoms with van der Waals surface area (Å²) in [6, 6.07) is 4.33. The third-order valence-corrected chi connectivity index (χ3v) is 4.64. The number of thioether (sulfide) groups is 1. The molecule has 24 heavy (non-hydrogen) atoms. The number of benzene rings is 1. The molecule has 2 N–H and O–H groups in total. The molecule has 0 aliphatic carbocycles. The molecular weight excluding hydrogens is 375 g/mol. The zero-order valence-corrected chi connectivity index (χ0v) is 13.5. The maximum Gasteiger partial charge on any atom is 0.442 e. The molecule has 134 valence electrons. The third kappa shape index (κ3) is 7.14. The first-order chi connectivity index (χ1) is 11.0. The van der Waals surface area contributed by atoms with Crippen LogP contribution in [0.25, 0.3) is 0 Å². The number of halogens is 3. The van der Waals surface area contributed by atoms with E-state index in [1.807, 2.05) is 0 Å². The minimum absolute atomic E-state index is 0.231. The van der Waals surface area contributed by atoms with Crippen molar-refractivity contribution >= 4 is 33.4 Å². The van der Waals surface area contributed by atoms with Crippen molar-refractivity contribution < 1.29 is 31.3 Å². The van der Waals surface area contributed by atoms with E-state index < -0.39 is 49.6 Å². The zero-order chi connectivity index (χ0) is 18.4. The van der Waals surface area contributed by atoms with E-state index in [4.69, 9.17) is 0 Å². The molecule has 0 fully saturated rings. The van der Waals surface area contributed by atoms with E-state index >= 15 is 0 Å². The number of non-ortho nitro benzene ring substituents is 1. The molecule has 0 saturated heterocycles. The van der Waals surface area contributed by atoms with Crippen molar-refractivity contribution in [2.45, 2.75) is 10.4 Å². The number of nitrogens with one attached hydrogen (secondary N) is 2. The molecule has 1 aromatic rings. The standard InChI is InChI=1S/C11H12F3N3O5S2/c12-11(13,14)23-7-10(18)15-4-5-16-24(21,22)9-3-1-2-8(6-9)17(19)20/h1-3,6,16H,4-5,7H2,(H,15,18). The van der Waals surface area contributed by atoms with Crippen LogP contribution in [0.1, 0.15) is 0 Å². The van der Waals surface area contributed by atoms with Gasteiger partial charge in [0.1, 0.15) is 0 Å². The number of amides is 1. The molecule has 0 bridgehead atoms. The summed E-state index contributed by atoms with van der Waals surface area (Å²) in [5.74, 6) is -1.73. The number of alkyl halides is 3. The summed E-state index contributed by atoms with van der Waals surface area (Å²) in [6.45, 7) is -0.515. The van der Waals surface area contributed by atoms with Gasteiger partial charge in [0.05, 0.1) is 15.6 Å². The van der Waals surface area contributed by atoms with E-state index in [0.29, 0.717) is 0 Å². The van der Waals surface area contributed by atoms with Crippen molar-refractivity contribution in [3.05, 3.63) is 34.4 Å². The fourth-order valence-corrected chi connectivity index (χ4v) is 2.90. The lowest BCUT2D eigenvalue weighted by atomic mass is 10.3. The maximum atomic E-state index is 11.9. The van der Waals surface area contributed by atoms with Crippen molar-refractivity contribution in [3.63, 3.8) is 0 Å². The molecule has 8 nitrogen and oxygen atoms in total. The second-order valence-electron chi connectivity index (χ2n) is 4.24. The lowest BCUT2D eigenvalue weighted by molar-refractivity contribution is -0.385. The summed E-state index contributed by atoms with van der Waals surface area (Å²) < 4.78 is 61.5. The van der Waals surface area contributed by atoms with Crippen molar-refractivity contribution in [2.75, 3.05) is 18.8 Å². The smallest absolute Gasteiger partial charge is 0.354 e. The van der Waals surface area contributed by atoms with Crippen LogP contribution in [0.5, 0.6) is 0 Å². The quantitative estimate of drug-likeness (QED) is 0.394. The van der Waals surface area contributed by atoms with Crippen LogP contribution >= 0.6 is 11.8 Å². The van der Waals surface area contributed by atoms with Crippen LogP contribution in [0, 0.1) is 10.1 Å². The number of nitro groups is 1. The molecule has 1 amide bonds. The number of sulfonamides is 1. The Morgan fingerprint density at radius 1 is 1.29 bits per heavy atom. The Balaban J connectivity index is 2.48. The van der Waals surface area contributed by atoms with Crippen LogP contribution in [0.3, 0.4) is 0 Å². The molecule has 0 heterocycles. The minimum atomic E-state index is -4.53. The van der Waals surface area contributed by atoms with Gasteiger partial charge in [-0.1, -0.05) is 6.07 Å². The first-order valence-electron chi connectivity index (χ1n) is 6.23. The molecule has 0 spiro atoms. The van der Waals surface area contributed by atoms with E-state index in [9.17, 15) is 36.5 Å². The largest absolute Gasteiger partial charge is 0.442 e. The molecule has 0 radical (unpaired) electrons. The number of nitro benzene ring substituents is 1. The first-order valence-corrected chi connectivity index (χ1v) is 8.69. The fourth-order valence-electron chi connectivity index (χ4n) is 1.43. The molecule has 13 heteroatoms. The van der Waals surface area contributed by atoms with E-state index in [0.717, 1.165) is 18.2 Å². The highest BCUT2D eigenvalue weighted by Gasteiger charge is 2.29. The van der Waals surface area contributed by atoms with E-state index in [-0.39, 0.29) is 18.0 Å². The molecule has 1 aromatic carbocycles. The van der Waals surface area contributed by atoms with Gasteiger partial charge in [0.15, 0.2) is 0 Å². The van der Waals surface area contributed by atoms with Gasteiger partial charge in [0.2, 0.25) is 15.9 Å². The van der Waals surface area contributed by atoms with Gasteiger partial charge in [-0.3, -0.25) is 14.9 Å². The second-order valence-corrected chi connectivity index (χ2v) is 7.04. The van der Waals surface area contributed by atoms with E-state index in [1.165, 1.54) is 6.07 Å². The minimum Gasteiger partial charge on any atom is -0.354 e. The van der Waals surface area contributed by atoms with Crippen LogP contribution in [0.4, 0.5) is 18.9 Å². The Hall–Kier alpha value is -1.86. The monoisotopic (exact) mass is 387 g/mol. The van der Waals surface area contributed by atoms with Crippen LogP contribution in [-0.2, 0) is 14.8 Å². The first kappa shape index (κ1) is 20.2. The number of rotatable bonds is 8. The summed E-state index contributed by atoms with van der Waals surface area (Å²) in [4.78, 5) is 20.6. The second kappa shape index (κ2) is 8.30. The summed E-state index contributed by atoms with van der Waals surface area (Å²) in [5, 5.41) is 12.7. The number of carbonyl (C=O) groups is 1. The van der Waals surface area contributed by atoms with Crippen LogP contribution < -0.4 is 10.0 Å². The number of hydrogen-bond donors (Lipinski definition) is 2. The van der Waals surface area contributed by atoms with Gasteiger partial charge in [-0.15, -0.1) is 0 Å². The molecule has 0 aliphatic rings. The van der Waals surface area contributed by atoms with Crippen molar-refractivity contribution in [3.8, 4) is 0 Å². The number of hydrogen-bond acceptors (Lipinski definition) is 6. The fraction of sp³-hybridized carbons (Fsp3) is 0.364. The average Bonchev–Trinajstić information content (AvgIpc) is 2.49. The molecule has 1 rings (SSSR count). The summed E-state index contributed by atoms with van der Waals surface area (Å²) in [5.41, 5.74) is -4.93. The van der Waals surface area contributed by atoms with Crippen LogP contribution in [-0.4, -0.2) is 43.6 Å². The molecule has 0 atom stereocenters. The molecule has 0 aliphatic heterocycles. The predicted molar refractivity (Wildman–Crippen MR) is 79.8 cm³/mol. The third-order valence-electron chi connectivity index (χ3n) is 2.44. The van der Waals surface area contributed by atoms with Gasteiger partial charge in [-0.25, -0.2) is 13.1 Å². The van der Waals surface area contributed by atoms with Crippen LogP contribution in [0.2, 0.25) is 0 Å². The highest BCUT2D eigenvalue weighted by Crippen LogP contribution is 2.29. The van der Waals surface area contributed by atoms with Crippen molar-refractivity contribution in [1.29, 1.82) is 0 Å². The molecule has 0 aromatic heterocycles. The van der Waals surface area contributed by atoms with E-state index in [1.54, 1.807) is 0 Å². The van der Waals surface area contributed by atoms with Crippen LogP contribution in [0.15, 0.2) is 29.2 Å². The average molecular weight is 387 g/mol. The molecule has 0 saturated carbocycles. The molecule has 0 unspecified atom stereocenters. The summed E-state index contributed by atoms with van der Waals surface area (Å²) in [7, 11) is -4.04. The maximum absolute atomic E-state index is 11.9. The Morgan fingerprint density at radius 3 is 2.54 bits per heavy atom. The number of carbonyl (C=O) groups excluding carboxylic acids is 1. The Kier molecular flexibility index (Phi) is 6.98. The van der Waals surface area contributed by atoms with Gasteiger partial charge in [-0.2, -0.15) is 13.2 Å². The summed E-state index contributed by atoms with van der Waals surface area (Å²) >= 11 is -0.508. The Morgan fingerprint density at radius 2 is 1.96 bits per heavy atom. The molecular formula is C11H12F3N3O5S2. The topological polar surface area (TPSA) is 118 Å². The Bertz CT molecular complexity index is 709. The van der Waals surface area contributed by atoms with Gasteiger partial charge in [0, 0.05) is 25.2 Å².